The molecule has 1 atom stereocenters. The van der Waals surface area contributed by atoms with Crippen LogP contribution in [0.5, 0.6) is 0 Å². The van der Waals surface area contributed by atoms with Gasteiger partial charge in [-0.2, -0.15) is 0 Å². The minimum absolute atomic E-state index is 0.638. The molecule has 1 unspecified atom stereocenters. The van der Waals surface area contributed by atoms with E-state index in [0.29, 0.717) is 6.04 Å². The maximum Gasteiger partial charge on any atom is 0.0217 e. The summed E-state index contributed by atoms with van der Waals surface area (Å²) in [6.45, 7) is 9.24. The van der Waals surface area contributed by atoms with Crippen LogP contribution in [0.1, 0.15) is 72.1 Å². The molecule has 0 fully saturated rings. The first kappa shape index (κ1) is 18.9. The van der Waals surface area contributed by atoms with Gasteiger partial charge in [-0.25, -0.2) is 0 Å². The number of hydrogen-bond acceptors (Lipinski definition) is 2. The first-order valence-electron chi connectivity index (χ1n) is 8.46. The fraction of sp³-hybridized carbons (Fsp3) is 1.00. The Morgan fingerprint density at radius 2 is 1.37 bits per heavy atom. The molecule has 19 heavy (non-hydrogen) atoms. The molecule has 0 aromatic carbocycles. The molecule has 0 aromatic rings. The number of nitrogens with zero attached hydrogens (tertiary/aromatic N) is 1. The molecule has 0 spiro atoms. The topological polar surface area (TPSA) is 15.3 Å². The Kier molecular flexibility index (Phi) is 12.9. The zero-order valence-electron chi connectivity index (χ0n) is 14.2. The smallest absolute Gasteiger partial charge is 0.0217 e. The molecule has 0 radical (unpaired) electrons. The normalized spacial score (nSPS) is 13.4. The van der Waals surface area contributed by atoms with Crippen molar-refractivity contribution in [2.75, 3.05) is 27.2 Å². The number of likely N-dealkylation sites (N-methyl/N-ethyl adjacent to an activating group) is 1. The Labute approximate surface area is 122 Å². The van der Waals surface area contributed by atoms with Crippen molar-refractivity contribution in [3.8, 4) is 0 Å². The van der Waals surface area contributed by atoms with Gasteiger partial charge in [0, 0.05) is 12.6 Å². The maximum absolute atomic E-state index is 3.72. The lowest BCUT2D eigenvalue weighted by atomic mass is 10.0. The number of unbranched alkanes of at least 4 members (excludes halogenated alkanes) is 7. The second kappa shape index (κ2) is 12.9. The minimum atomic E-state index is 0.638. The highest BCUT2D eigenvalue weighted by Crippen LogP contribution is 2.08. The van der Waals surface area contributed by atoms with Crippen LogP contribution < -0.4 is 5.32 Å². The van der Waals surface area contributed by atoms with Gasteiger partial charge in [0.2, 0.25) is 0 Å². The molecule has 0 bridgehead atoms. The molecule has 2 nitrogen and oxygen atoms in total. The standard InChI is InChI=1S/C17H38N2/c1-6-7-8-9-10-11-12-13-14-18-17(16(2)3)15-19(4)5/h16-18H,6-15H2,1-5H3. The fourth-order valence-corrected chi connectivity index (χ4v) is 2.45. The maximum atomic E-state index is 3.72. The summed E-state index contributed by atoms with van der Waals surface area (Å²) < 4.78 is 0. The number of rotatable bonds is 13. The van der Waals surface area contributed by atoms with E-state index in [-0.39, 0.29) is 0 Å². The van der Waals surface area contributed by atoms with Crippen molar-refractivity contribution in [1.82, 2.24) is 10.2 Å². The van der Waals surface area contributed by atoms with Crippen molar-refractivity contribution in [2.24, 2.45) is 5.92 Å². The second-order valence-corrected chi connectivity index (χ2v) is 6.54. The predicted octanol–water partition coefficient (Wildman–Crippen LogP) is 4.30. The van der Waals surface area contributed by atoms with Gasteiger partial charge >= 0.3 is 0 Å². The van der Waals surface area contributed by atoms with E-state index in [2.05, 4.69) is 45.1 Å². The largest absolute Gasteiger partial charge is 0.312 e. The van der Waals surface area contributed by atoms with Crippen LogP contribution in [0.15, 0.2) is 0 Å². The molecule has 0 saturated carbocycles. The van der Waals surface area contributed by atoms with Gasteiger partial charge in [-0.15, -0.1) is 0 Å². The van der Waals surface area contributed by atoms with E-state index in [4.69, 9.17) is 0 Å². The highest BCUT2D eigenvalue weighted by molar-refractivity contribution is 4.72. The van der Waals surface area contributed by atoms with E-state index in [1.807, 2.05) is 0 Å². The van der Waals surface area contributed by atoms with Crippen molar-refractivity contribution >= 4 is 0 Å². The lowest BCUT2D eigenvalue weighted by Gasteiger charge is -2.25. The molecule has 1 N–H and O–H groups in total. The quantitative estimate of drug-likeness (QED) is 0.502. The summed E-state index contributed by atoms with van der Waals surface area (Å²) in [6, 6.07) is 0.638. The van der Waals surface area contributed by atoms with Crippen LogP contribution in [-0.2, 0) is 0 Å². The average Bonchev–Trinajstić information content (AvgIpc) is 2.34. The highest BCUT2D eigenvalue weighted by atomic mass is 15.1. The Morgan fingerprint density at radius 1 is 0.842 bits per heavy atom. The molecule has 0 aromatic heterocycles. The van der Waals surface area contributed by atoms with Crippen LogP contribution in [0.25, 0.3) is 0 Å². The van der Waals surface area contributed by atoms with Gasteiger partial charge in [0.05, 0.1) is 0 Å². The third kappa shape index (κ3) is 12.7. The van der Waals surface area contributed by atoms with Crippen molar-refractivity contribution in [3.05, 3.63) is 0 Å². The van der Waals surface area contributed by atoms with E-state index in [9.17, 15) is 0 Å². The van der Waals surface area contributed by atoms with E-state index >= 15 is 0 Å². The van der Waals surface area contributed by atoms with Gasteiger partial charge in [0.15, 0.2) is 0 Å². The Bertz CT molecular complexity index is 178. The van der Waals surface area contributed by atoms with Crippen LogP contribution in [0.4, 0.5) is 0 Å². The lowest BCUT2D eigenvalue weighted by Crippen LogP contribution is -2.42. The monoisotopic (exact) mass is 270 g/mol. The third-order valence-corrected chi connectivity index (χ3v) is 3.80. The van der Waals surface area contributed by atoms with E-state index < -0.39 is 0 Å². The summed E-state index contributed by atoms with van der Waals surface area (Å²) in [6.07, 6.45) is 11.2. The van der Waals surface area contributed by atoms with E-state index in [1.165, 1.54) is 57.9 Å². The minimum Gasteiger partial charge on any atom is -0.312 e. The SMILES string of the molecule is CCCCCCCCCCNC(CN(C)C)C(C)C. The summed E-state index contributed by atoms with van der Waals surface area (Å²) in [4.78, 5) is 2.28. The Hall–Kier alpha value is -0.0800. The van der Waals surface area contributed by atoms with Crippen LogP contribution in [-0.4, -0.2) is 38.1 Å². The second-order valence-electron chi connectivity index (χ2n) is 6.54. The molecule has 116 valence electrons. The van der Waals surface area contributed by atoms with Crippen LogP contribution >= 0.6 is 0 Å². The van der Waals surface area contributed by atoms with Crippen LogP contribution in [0, 0.1) is 5.92 Å². The Balaban J connectivity index is 3.40. The first-order valence-corrected chi connectivity index (χ1v) is 8.46. The lowest BCUT2D eigenvalue weighted by molar-refractivity contribution is 0.288. The van der Waals surface area contributed by atoms with Crippen molar-refractivity contribution in [3.63, 3.8) is 0 Å². The summed E-state index contributed by atoms with van der Waals surface area (Å²) in [5, 5.41) is 3.72. The molecule has 0 aliphatic carbocycles. The number of hydrogen-bond donors (Lipinski definition) is 1. The van der Waals surface area contributed by atoms with E-state index in [1.54, 1.807) is 0 Å². The number of nitrogens with one attached hydrogen (secondary N) is 1. The summed E-state index contributed by atoms with van der Waals surface area (Å²) >= 11 is 0. The summed E-state index contributed by atoms with van der Waals surface area (Å²) in [5.41, 5.74) is 0. The molecule has 0 amide bonds. The molecule has 0 heterocycles. The third-order valence-electron chi connectivity index (χ3n) is 3.80. The first-order chi connectivity index (χ1) is 9.07. The van der Waals surface area contributed by atoms with Crippen LogP contribution in [0.2, 0.25) is 0 Å². The molecule has 2 heteroatoms. The zero-order chi connectivity index (χ0) is 14.5. The fourth-order valence-electron chi connectivity index (χ4n) is 2.45. The molecule has 0 rings (SSSR count). The van der Waals surface area contributed by atoms with Crippen molar-refractivity contribution in [1.29, 1.82) is 0 Å². The predicted molar refractivity (Wildman–Crippen MR) is 87.8 cm³/mol. The van der Waals surface area contributed by atoms with E-state index in [0.717, 1.165) is 12.5 Å². The molecular formula is C17H38N2. The molecule has 0 aliphatic rings. The van der Waals surface area contributed by atoms with Crippen molar-refractivity contribution < 1.29 is 0 Å². The molecular weight excluding hydrogens is 232 g/mol. The summed E-state index contributed by atoms with van der Waals surface area (Å²) in [7, 11) is 4.32. The molecule has 0 saturated heterocycles. The van der Waals surface area contributed by atoms with Gasteiger partial charge in [0.1, 0.15) is 0 Å². The average molecular weight is 271 g/mol. The van der Waals surface area contributed by atoms with Gasteiger partial charge in [0.25, 0.3) is 0 Å². The van der Waals surface area contributed by atoms with Crippen LogP contribution in [0.3, 0.4) is 0 Å². The zero-order valence-corrected chi connectivity index (χ0v) is 14.2. The van der Waals surface area contributed by atoms with Gasteiger partial charge in [-0.3, -0.25) is 0 Å². The molecule has 0 aliphatic heterocycles. The highest BCUT2D eigenvalue weighted by Gasteiger charge is 2.12. The van der Waals surface area contributed by atoms with Gasteiger partial charge in [-0.1, -0.05) is 65.7 Å². The van der Waals surface area contributed by atoms with Gasteiger partial charge in [-0.05, 0) is 33.0 Å². The Morgan fingerprint density at radius 3 is 1.84 bits per heavy atom. The summed E-state index contributed by atoms with van der Waals surface area (Å²) in [5.74, 6) is 0.719. The van der Waals surface area contributed by atoms with Gasteiger partial charge < -0.3 is 10.2 Å². The van der Waals surface area contributed by atoms with Crippen molar-refractivity contribution in [2.45, 2.75) is 78.2 Å².